The van der Waals surface area contributed by atoms with Crippen LogP contribution in [0.5, 0.6) is 0 Å². The molecule has 0 radical (unpaired) electrons. The molecule has 1 aliphatic rings. The van der Waals surface area contributed by atoms with Crippen molar-refractivity contribution in [3.63, 3.8) is 0 Å². The molecule has 1 aliphatic heterocycles. The zero-order valence-corrected chi connectivity index (χ0v) is 7.34. The first-order valence-corrected chi connectivity index (χ1v) is 4.09. The zero-order valence-electron chi connectivity index (χ0n) is 7.34. The van der Waals surface area contributed by atoms with Crippen molar-refractivity contribution in [2.75, 3.05) is 26.9 Å². The zero-order chi connectivity index (χ0) is 8.81. The molecule has 12 heavy (non-hydrogen) atoms. The molecule has 0 aromatic carbocycles. The van der Waals surface area contributed by atoms with Crippen LogP contribution in [0.2, 0.25) is 0 Å². The summed E-state index contributed by atoms with van der Waals surface area (Å²) in [6, 6.07) is 0. The summed E-state index contributed by atoms with van der Waals surface area (Å²) in [7, 11) is 1.82. The Morgan fingerprint density at radius 3 is 3.08 bits per heavy atom. The summed E-state index contributed by atoms with van der Waals surface area (Å²) in [6.45, 7) is 2.29. The minimum atomic E-state index is 0.504. The molecule has 0 unspecified atom stereocenters. The number of hydrogen-bond donors (Lipinski definition) is 2. The van der Waals surface area contributed by atoms with E-state index in [0.29, 0.717) is 12.6 Å². The van der Waals surface area contributed by atoms with E-state index in [9.17, 15) is 0 Å². The molecule has 0 aromatic rings. The summed E-state index contributed by atoms with van der Waals surface area (Å²) in [5.74, 6) is 0.504. The lowest BCUT2D eigenvalue weighted by Gasteiger charge is -2.27. The highest BCUT2D eigenvalue weighted by atomic mass is 16.5. The monoisotopic (exact) mass is 169 g/mol. The van der Waals surface area contributed by atoms with Crippen molar-refractivity contribution in [3.05, 3.63) is 12.3 Å². The smallest absolute Gasteiger partial charge is 0.123 e. The standard InChI is InChI=1S/C8H15N3O/c1-10-4-3-8(9)11-5-2-6-12-7-11/h3-4,9-10H,2,5-7H2,1H3/b4-3-,9-8?. The number of amidine groups is 1. The minimum absolute atomic E-state index is 0.504. The summed E-state index contributed by atoms with van der Waals surface area (Å²) in [5, 5.41) is 10.5. The quantitative estimate of drug-likeness (QED) is 0.464. The Balaban J connectivity index is 2.34. The van der Waals surface area contributed by atoms with Gasteiger partial charge in [-0.25, -0.2) is 0 Å². The molecule has 0 saturated carbocycles. The van der Waals surface area contributed by atoms with E-state index in [1.165, 1.54) is 0 Å². The second kappa shape index (κ2) is 4.77. The SMILES string of the molecule is CN/C=C\C(=N)N1CCCOC1. The van der Waals surface area contributed by atoms with Crippen LogP contribution in [0.1, 0.15) is 6.42 Å². The van der Waals surface area contributed by atoms with E-state index >= 15 is 0 Å². The fraction of sp³-hybridized carbons (Fsp3) is 0.625. The predicted molar refractivity (Wildman–Crippen MR) is 48.1 cm³/mol. The Bertz CT molecular complexity index is 173. The van der Waals surface area contributed by atoms with Gasteiger partial charge in [-0.3, -0.25) is 5.41 Å². The summed E-state index contributed by atoms with van der Waals surface area (Å²) in [4.78, 5) is 1.90. The van der Waals surface area contributed by atoms with Gasteiger partial charge < -0.3 is 15.0 Å². The molecule has 0 amide bonds. The van der Waals surface area contributed by atoms with Gasteiger partial charge >= 0.3 is 0 Å². The van der Waals surface area contributed by atoms with Gasteiger partial charge in [-0.05, 0) is 18.7 Å². The fourth-order valence-electron chi connectivity index (χ4n) is 1.05. The summed E-state index contributed by atoms with van der Waals surface area (Å²) in [5.41, 5.74) is 0. The van der Waals surface area contributed by atoms with Crippen LogP contribution in [0.15, 0.2) is 12.3 Å². The Hall–Kier alpha value is -1.03. The highest BCUT2D eigenvalue weighted by Crippen LogP contribution is 2.01. The third kappa shape index (κ3) is 2.54. The van der Waals surface area contributed by atoms with Crippen LogP contribution in [0.3, 0.4) is 0 Å². The number of ether oxygens (including phenoxy) is 1. The molecule has 1 fully saturated rings. The topological polar surface area (TPSA) is 48.4 Å². The summed E-state index contributed by atoms with van der Waals surface area (Å²) >= 11 is 0. The predicted octanol–water partition coefficient (Wildman–Crippen LogP) is 0.377. The van der Waals surface area contributed by atoms with Gasteiger partial charge in [-0.2, -0.15) is 0 Å². The fourth-order valence-corrected chi connectivity index (χ4v) is 1.05. The van der Waals surface area contributed by atoms with Crippen LogP contribution in [-0.2, 0) is 4.74 Å². The Morgan fingerprint density at radius 2 is 2.50 bits per heavy atom. The second-order valence-corrected chi connectivity index (χ2v) is 2.66. The maximum atomic E-state index is 7.61. The number of nitrogens with zero attached hydrogens (tertiary/aromatic N) is 1. The molecule has 4 heteroatoms. The van der Waals surface area contributed by atoms with Crippen LogP contribution >= 0.6 is 0 Å². The second-order valence-electron chi connectivity index (χ2n) is 2.66. The Labute approximate surface area is 72.7 Å². The average Bonchev–Trinajstić information content (AvgIpc) is 2.15. The largest absolute Gasteiger partial charge is 0.394 e. The normalized spacial score (nSPS) is 18.2. The molecule has 4 nitrogen and oxygen atoms in total. The van der Waals surface area contributed by atoms with Crippen molar-refractivity contribution < 1.29 is 4.74 Å². The van der Waals surface area contributed by atoms with Crippen LogP contribution < -0.4 is 5.32 Å². The molecule has 0 spiro atoms. The molecule has 0 aromatic heterocycles. The van der Waals surface area contributed by atoms with E-state index in [2.05, 4.69) is 5.32 Å². The Morgan fingerprint density at radius 1 is 1.67 bits per heavy atom. The van der Waals surface area contributed by atoms with E-state index in [4.69, 9.17) is 10.1 Å². The van der Waals surface area contributed by atoms with E-state index < -0.39 is 0 Å². The third-order valence-corrected chi connectivity index (χ3v) is 1.71. The van der Waals surface area contributed by atoms with Gasteiger partial charge in [0.2, 0.25) is 0 Å². The van der Waals surface area contributed by atoms with Crippen molar-refractivity contribution in [1.29, 1.82) is 5.41 Å². The highest BCUT2D eigenvalue weighted by Gasteiger charge is 2.10. The van der Waals surface area contributed by atoms with Crippen LogP contribution in [0.25, 0.3) is 0 Å². The van der Waals surface area contributed by atoms with Crippen LogP contribution in [0, 0.1) is 5.41 Å². The van der Waals surface area contributed by atoms with Crippen LogP contribution in [0.4, 0.5) is 0 Å². The first-order valence-electron chi connectivity index (χ1n) is 4.09. The van der Waals surface area contributed by atoms with Crippen LogP contribution in [-0.4, -0.2) is 37.7 Å². The first kappa shape index (κ1) is 9.06. The average molecular weight is 169 g/mol. The summed E-state index contributed by atoms with van der Waals surface area (Å²) in [6.07, 6.45) is 4.49. The van der Waals surface area contributed by atoms with E-state index in [1.54, 1.807) is 12.3 Å². The van der Waals surface area contributed by atoms with E-state index in [0.717, 1.165) is 19.6 Å². The molecule has 1 heterocycles. The molecular formula is C8H15N3O. The molecule has 1 rings (SSSR count). The van der Waals surface area contributed by atoms with E-state index in [-0.39, 0.29) is 0 Å². The van der Waals surface area contributed by atoms with E-state index in [1.807, 2.05) is 11.9 Å². The first-order chi connectivity index (χ1) is 5.84. The molecule has 0 bridgehead atoms. The number of hydrogen-bond acceptors (Lipinski definition) is 3. The lowest BCUT2D eigenvalue weighted by Crippen LogP contribution is -2.36. The molecule has 0 atom stereocenters. The van der Waals surface area contributed by atoms with Gasteiger partial charge in [0.05, 0.1) is 6.61 Å². The molecular weight excluding hydrogens is 154 g/mol. The van der Waals surface area contributed by atoms with Crippen molar-refractivity contribution >= 4 is 5.84 Å². The molecule has 68 valence electrons. The lowest BCUT2D eigenvalue weighted by molar-refractivity contribution is 0.0242. The van der Waals surface area contributed by atoms with Crippen molar-refractivity contribution in [1.82, 2.24) is 10.2 Å². The third-order valence-electron chi connectivity index (χ3n) is 1.71. The lowest BCUT2D eigenvalue weighted by atomic mass is 10.3. The maximum absolute atomic E-state index is 7.61. The number of rotatable bonds is 2. The Kier molecular flexibility index (Phi) is 3.60. The van der Waals surface area contributed by atoms with Gasteiger partial charge in [0, 0.05) is 13.6 Å². The molecule has 2 N–H and O–H groups in total. The van der Waals surface area contributed by atoms with Crippen molar-refractivity contribution in [3.8, 4) is 0 Å². The minimum Gasteiger partial charge on any atom is -0.394 e. The van der Waals surface area contributed by atoms with Gasteiger partial charge in [0.25, 0.3) is 0 Å². The maximum Gasteiger partial charge on any atom is 0.123 e. The summed E-state index contributed by atoms with van der Waals surface area (Å²) < 4.78 is 5.21. The van der Waals surface area contributed by atoms with Crippen molar-refractivity contribution in [2.45, 2.75) is 6.42 Å². The highest BCUT2D eigenvalue weighted by molar-refractivity contribution is 5.90. The van der Waals surface area contributed by atoms with Gasteiger partial charge in [-0.1, -0.05) is 0 Å². The van der Waals surface area contributed by atoms with Gasteiger partial charge in [0.15, 0.2) is 0 Å². The van der Waals surface area contributed by atoms with Crippen molar-refractivity contribution in [2.24, 2.45) is 0 Å². The van der Waals surface area contributed by atoms with Gasteiger partial charge in [0.1, 0.15) is 12.6 Å². The molecule has 1 saturated heterocycles. The van der Waals surface area contributed by atoms with Gasteiger partial charge in [-0.15, -0.1) is 0 Å². The number of nitrogens with one attached hydrogen (secondary N) is 2. The molecule has 0 aliphatic carbocycles.